The fraction of sp³-hybridized carbons (Fsp3) is 0.182. The van der Waals surface area contributed by atoms with Gasteiger partial charge in [-0.05, 0) is 12.1 Å². The van der Waals surface area contributed by atoms with E-state index in [0.29, 0.717) is 23.8 Å². The van der Waals surface area contributed by atoms with Crippen LogP contribution in [0.4, 0.5) is 11.4 Å². The van der Waals surface area contributed by atoms with E-state index in [0.717, 1.165) is 5.69 Å². The van der Waals surface area contributed by atoms with Crippen molar-refractivity contribution in [2.75, 3.05) is 23.3 Å². The highest BCUT2D eigenvalue weighted by Gasteiger charge is 2.22. The second kappa shape index (κ2) is 3.95. The van der Waals surface area contributed by atoms with Gasteiger partial charge < -0.3 is 10.2 Å². The van der Waals surface area contributed by atoms with Crippen molar-refractivity contribution in [1.29, 1.82) is 0 Å². The fourth-order valence-corrected chi connectivity index (χ4v) is 1.87. The number of benzene rings is 1. The highest BCUT2D eigenvalue weighted by molar-refractivity contribution is 6.34. The third-order valence-corrected chi connectivity index (χ3v) is 2.60. The van der Waals surface area contributed by atoms with E-state index in [9.17, 15) is 4.79 Å². The fourth-order valence-electron chi connectivity index (χ4n) is 1.66. The summed E-state index contributed by atoms with van der Waals surface area (Å²) in [6.45, 7) is 4.66. The molecule has 78 valence electrons. The number of carbonyl (C=O) groups excluding carboxylic acids is 1. The molecule has 15 heavy (non-hydrogen) atoms. The van der Waals surface area contributed by atoms with Gasteiger partial charge in [-0.1, -0.05) is 23.7 Å². The van der Waals surface area contributed by atoms with Gasteiger partial charge in [0.2, 0.25) is 5.91 Å². The molecule has 1 aromatic carbocycles. The molecule has 0 radical (unpaired) electrons. The van der Waals surface area contributed by atoms with Crippen LogP contribution in [-0.4, -0.2) is 19.0 Å². The van der Waals surface area contributed by atoms with Gasteiger partial charge in [0.15, 0.2) is 0 Å². The number of fused-ring (bicyclic) bond motifs is 1. The number of hydrogen-bond acceptors (Lipinski definition) is 2. The van der Waals surface area contributed by atoms with E-state index in [1.807, 2.05) is 17.0 Å². The third-order valence-electron chi connectivity index (χ3n) is 2.28. The lowest BCUT2D eigenvalue weighted by Crippen LogP contribution is -2.38. The summed E-state index contributed by atoms with van der Waals surface area (Å²) in [5.41, 5.74) is 1.64. The van der Waals surface area contributed by atoms with Gasteiger partial charge in [-0.2, -0.15) is 0 Å². The van der Waals surface area contributed by atoms with Crippen molar-refractivity contribution in [3.8, 4) is 0 Å². The number of halogens is 1. The Morgan fingerprint density at radius 3 is 3.13 bits per heavy atom. The quantitative estimate of drug-likeness (QED) is 0.779. The Hall–Kier alpha value is -1.48. The molecule has 0 saturated heterocycles. The molecular weight excluding hydrogens is 212 g/mol. The van der Waals surface area contributed by atoms with E-state index in [1.54, 1.807) is 12.1 Å². The van der Waals surface area contributed by atoms with Crippen molar-refractivity contribution >= 4 is 28.9 Å². The molecule has 0 spiro atoms. The molecule has 1 amide bonds. The zero-order valence-electron chi connectivity index (χ0n) is 8.16. The Morgan fingerprint density at radius 1 is 1.60 bits per heavy atom. The van der Waals surface area contributed by atoms with Crippen LogP contribution in [0, 0.1) is 0 Å². The van der Waals surface area contributed by atoms with Crippen LogP contribution in [-0.2, 0) is 4.79 Å². The molecule has 1 N–H and O–H groups in total. The maximum atomic E-state index is 11.4. The molecule has 0 saturated carbocycles. The van der Waals surface area contributed by atoms with Crippen LogP contribution in [0.3, 0.4) is 0 Å². The van der Waals surface area contributed by atoms with Crippen LogP contribution in [0.5, 0.6) is 0 Å². The molecule has 0 fully saturated rings. The van der Waals surface area contributed by atoms with Gasteiger partial charge in [-0.3, -0.25) is 4.79 Å². The predicted octanol–water partition coefficient (Wildman–Crippen LogP) is 2.28. The number of anilines is 2. The lowest BCUT2D eigenvalue weighted by Gasteiger charge is -2.30. The number of hydrogen-bond donors (Lipinski definition) is 1. The molecule has 0 unspecified atom stereocenters. The summed E-state index contributed by atoms with van der Waals surface area (Å²) < 4.78 is 0. The lowest BCUT2D eigenvalue weighted by molar-refractivity contribution is -0.115. The van der Waals surface area contributed by atoms with E-state index in [-0.39, 0.29) is 5.91 Å². The van der Waals surface area contributed by atoms with Gasteiger partial charge in [-0.15, -0.1) is 6.58 Å². The Kier molecular flexibility index (Phi) is 2.64. The molecule has 0 bridgehead atoms. The first-order valence-electron chi connectivity index (χ1n) is 4.66. The van der Waals surface area contributed by atoms with Gasteiger partial charge in [0.05, 0.1) is 22.9 Å². The molecule has 1 aliphatic rings. The molecule has 0 aliphatic carbocycles. The highest BCUT2D eigenvalue weighted by Crippen LogP contribution is 2.35. The van der Waals surface area contributed by atoms with Crippen LogP contribution >= 0.6 is 11.6 Å². The average molecular weight is 223 g/mol. The van der Waals surface area contributed by atoms with Crippen LogP contribution in [0.15, 0.2) is 30.9 Å². The van der Waals surface area contributed by atoms with Gasteiger partial charge in [0.1, 0.15) is 0 Å². The first-order valence-corrected chi connectivity index (χ1v) is 5.04. The SMILES string of the molecule is C=CCN1CC(=O)Nc2c(Cl)cccc21. The van der Waals surface area contributed by atoms with E-state index in [1.165, 1.54) is 0 Å². The molecule has 1 aliphatic heterocycles. The zero-order valence-corrected chi connectivity index (χ0v) is 8.92. The standard InChI is InChI=1S/C11H11ClN2O/c1-2-6-14-7-10(15)13-11-8(12)4-3-5-9(11)14/h2-5H,1,6-7H2,(H,13,15). The van der Waals surface area contributed by atoms with Crippen LogP contribution in [0.2, 0.25) is 5.02 Å². The minimum absolute atomic E-state index is 0.0440. The summed E-state index contributed by atoms with van der Waals surface area (Å²) in [6.07, 6.45) is 1.77. The van der Waals surface area contributed by atoms with Crippen LogP contribution in [0.25, 0.3) is 0 Å². The smallest absolute Gasteiger partial charge is 0.244 e. The third kappa shape index (κ3) is 1.83. The van der Waals surface area contributed by atoms with Gasteiger partial charge in [0, 0.05) is 6.54 Å². The topological polar surface area (TPSA) is 32.3 Å². The second-order valence-electron chi connectivity index (χ2n) is 3.35. The molecule has 2 rings (SSSR count). The van der Waals surface area contributed by atoms with E-state index >= 15 is 0 Å². The van der Waals surface area contributed by atoms with Crippen LogP contribution < -0.4 is 10.2 Å². The van der Waals surface area contributed by atoms with Crippen molar-refractivity contribution in [1.82, 2.24) is 0 Å². The van der Waals surface area contributed by atoms with E-state index in [4.69, 9.17) is 11.6 Å². The molecule has 1 heterocycles. The summed E-state index contributed by atoms with van der Waals surface area (Å²) >= 11 is 6.01. The number of nitrogens with one attached hydrogen (secondary N) is 1. The van der Waals surface area contributed by atoms with Crippen molar-refractivity contribution in [2.45, 2.75) is 0 Å². The molecular formula is C11H11ClN2O. The maximum Gasteiger partial charge on any atom is 0.244 e. The van der Waals surface area contributed by atoms with Crippen molar-refractivity contribution < 1.29 is 4.79 Å². The number of rotatable bonds is 2. The minimum Gasteiger partial charge on any atom is -0.357 e. The van der Waals surface area contributed by atoms with Crippen molar-refractivity contribution in [2.24, 2.45) is 0 Å². The summed E-state index contributed by atoms with van der Waals surface area (Å²) in [6, 6.07) is 5.57. The average Bonchev–Trinajstić information content (AvgIpc) is 2.20. The predicted molar refractivity (Wildman–Crippen MR) is 62.5 cm³/mol. The molecule has 3 nitrogen and oxygen atoms in total. The van der Waals surface area contributed by atoms with Crippen LogP contribution in [0.1, 0.15) is 0 Å². The Bertz CT molecular complexity index is 417. The van der Waals surface area contributed by atoms with Crippen molar-refractivity contribution in [3.63, 3.8) is 0 Å². The Morgan fingerprint density at radius 2 is 2.40 bits per heavy atom. The first-order chi connectivity index (χ1) is 7.22. The molecule has 0 aromatic heterocycles. The number of nitrogens with zero attached hydrogens (tertiary/aromatic N) is 1. The molecule has 0 atom stereocenters. The molecule has 4 heteroatoms. The van der Waals surface area contributed by atoms with Gasteiger partial charge >= 0.3 is 0 Å². The van der Waals surface area contributed by atoms with Gasteiger partial charge in [0.25, 0.3) is 0 Å². The summed E-state index contributed by atoms with van der Waals surface area (Å²) in [5, 5.41) is 3.33. The number of carbonyl (C=O) groups is 1. The molecule has 1 aromatic rings. The lowest BCUT2D eigenvalue weighted by atomic mass is 10.2. The zero-order chi connectivity index (χ0) is 10.8. The highest BCUT2D eigenvalue weighted by atomic mass is 35.5. The largest absolute Gasteiger partial charge is 0.357 e. The van der Waals surface area contributed by atoms with E-state index in [2.05, 4.69) is 11.9 Å². The Labute approximate surface area is 93.3 Å². The Balaban J connectivity index is 2.45. The monoisotopic (exact) mass is 222 g/mol. The number of para-hydroxylation sites is 1. The van der Waals surface area contributed by atoms with Gasteiger partial charge in [-0.25, -0.2) is 0 Å². The number of amides is 1. The van der Waals surface area contributed by atoms with E-state index < -0.39 is 0 Å². The minimum atomic E-state index is -0.0440. The summed E-state index contributed by atoms with van der Waals surface area (Å²) in [5.74, 6) is -0.0440. The van der Waals surface area contributed by atoms with Crippen molar-refractivity contribution in [3.05, 3.63) is 35.9 Å². The normalized spacial score (nSPS) is 14.5. The maximum absolute atomic E-state index is 11.4. The summed E-state index contributed by atoms with van der Waals surface area (Å²) in [7, 11) is 0. The second-order valence-corrected chi connectivity index (χ2v) is 3.76. The summed E-state index contributed by atoms with van der Waals surface area (Å²) in [4.78, 5) is 13.4. The first kappa shape index (κ1) is 10.1.